The Morgan fingerprint density at radius 2 is 2.15 bits per heavy atom. The third kappa shape index (κ3) is 3.72. The van der Waals surface area contributed by atoms with Gasteiger partial charge in [-0.15, -0.1) is 0 Å². The molecule has 2 amide bonds. The number of nitrogens with zero attached hydrogens (tertiary/aromatic N) is 2. The van der Waals surface area contributed by atoms with Crippen molar-refractivity contribution in [2.75, 3.05) is 5.32 Å². The van der Waals surface area contributed by atoms with Crippen molar-refractivity contribution in [1.29, 1.82) is 0 Å². The Balaban J connectivity index is 1.85. The van der Waals surface area contributed by atoms with Gasteiger partial charge in [0, 0.05) is 24.6 Å². The maximum atomic E-state index is 13.8. The summed E-state index contributed by atoms with van der Waals surface area (Å²) in [5.41, 5.74) is 0.318. The summed E-state index contributed by atoms with van der Waals surface area (Å²) in [6.45, 7) is 3.69. The number of aromatic nitrogens is 2. The summed E-state index contributed by atoms with van der Waals surface area (Å²) >= 11 is 0. The SMILES string of the molecule is CCC1CC(=O)NC(n2nc(C)cc2NC(=O)c2ccc(F)cc2F)N1. The van der Waals surface area contributed by atoms with Gasteiger partial charge in [-0.3, -0.25) is 14.9 Å². The zero-order valence-corrected chi connectivity index (χ0v) is 14.3. The van der Waals surface area contributed by atoms with Crippen LogP contribution in [0.4, 0.5) is 14.6 Å². The molecule has 2 heterocycles. The van der Waals surface area contributed by atoms with E-state index in [1.807, 2.05) is 6.92 Å². The molecule has 2 unspecified atom stereocenters. The van der Waals surface area contributed by atoms with E-state index in [1.165, 1.54) is 4.68 Å². The molecule has 1 fully saturated rings. The summed E-state index contributed by atoms with van der Waals surface area (Å²) in [6, 6.07) is 4.31. The van der Waals surface area contributed by atoms with Crippen LogP contribution in [0.25, 0.3) is 0 Å². The first-order valence-corrected chi connectivity index (χ1v) is 8.25. The Morgan fingerprint density at radius 3 is 2.85 bits per heavy atom. The largest absolute Gasteiger partial charge is 0.322 e. The van der Waals surface area contributed by atoms with Gasteiger partial charge in [-0.25, -0.2) is 13.5 Å². The molecule has 1 aromatic carbocycles. The molecule has 138 valence electrons. The number of hydrogen-bond donors (Lipinski definition) is 3. The van der Waals surface area contributed by atoms with Crippen LogP contribution in [0.3, 0.4) is 0 Å². The molecule has 0 radical (unpaired) electrons. The van der Waals surface area contributed by atoms with Crippen molar-refractivity contribution in [1.82, 2.24) is 20.4 Å². The van der Waals surface area contributed by atoms with Crippen molar-refractivity contribution in [3.8, 4) is 0 Å². The van der Waals surface area contributed by atoms with Crippen molar-refractivity contribution in [3.05, 3.63) is 47.2 Å². The minimum Gasteiger partial charge on any atom is -0.322 e. The van der Waals surface area contributed by atoms with E-state index in [2.05, 4.69) is 21.0 Å². The summed E-state index contributed by atoms with van der Waals surface area (Å²) in [5.74, 6) is -2.31. The van der Waals surface area contributed by atoms with Gasteiger partial charge in [0.1, 0.15) is 17.5 Å². The third-order valence-electron chi connectivity index (χ3n) is 4.14. The second-order valence-corrected chi connectivity index (χ2v) is 6.14. The van der Waals surface area contributed by atoms with Crippen LogP contribution in [-0.2, 0) is 4.79 Å². The molecule has 3 rings (SSSR count). The number of amides is 2. The molecule has 1 aliphatic heterocycles. The molecule has 1 saturated heterocycles. The van der Waals surface area contributed by atoms with Gasteiger partial charge >= 0.3 is 0 Å². The molecule has 9 heteroatoms. The lowest BCUT2D eigenvalue weighted by molar-refractivity contribution is -0.125. The van der Waals surface area contributed by atoms with Crippen molar-refractivity contribution in [3.63, 3.8) is 0 Å². The van der Waals surface area contributed by atoms with E-state index < -0.39 is 23.8 Å². The van der Waals surface area contributed by atoms with Crippen LogP contribution in [0.5, 0.6) is 0 Å². The summed E-state index contributed by atoms with van der Waals surface area (Å²) in [7, 11) is 0. The van der Waals surface area contributed by atoms with E-state index in [4.69, 9.17) is 0 Å². The van der Waals surface area contributed by atoms with E-state index >= 15 is 0 Å². The van der Waals surface area contributed by atoms with Gasteiger partial charge in [-0.05, 0) is 25.5 Å². The molecule has 2 aromatic rings. The van der Waals surface area contributed by atoms with Crippen LogP contribution in [-0.4, -0.2) is 27.6 Å². The molecule has 3 N–H and O–H groups in total. The third-order valence-corrected chi connectivity index (χ3v) is 4.14. The number of carbonyl (C=O) groups excluding carboxylic acids is 2. The highest BCUT2D eigenvalue weighted by Crippen LogP contribution is 2.19. The monoisotopic (exact) mass is 363 g/mol. The predicted molar refractivity (Wildman–Crippen MR) is 90.3 cm³/mol. The van der Waals surface area contributed by atoms with Gasteiger partial charge in [-0.2, -0.15) is 5.10 Å². The molecule has 1 aliphatic rings. The molecule has 26 heavy (non-hydrogen) atoms. The quantitative estimate of drug-likeness (QED) is 0.776. The lowest BCUT2D eigenvalue weighted by Gasteiger charge is -2.31. The Bertz CT molecular complexity index is 852. The Morgan fingerprint density at radius 1 is 1.38 bits per heavy atom. The van der Waals surface area contributed by atoms with Crippen molar-refractivity contribution < 1.29 is 18.4 Å². The van der Waals surface area contributed by atoms with Crippen molar-refractivity contribution >= 4 is 17.6 Å². The number of anilines is 1. The molecule has 2 atom stereocenters. The smallest absolute Gasteiger partial charge is 0.259 e. The highest BCUT2D eigenvalue weighted by atomic mass is 19.1. The Labute approximate surface area is 148 Å². The number of nitrogens with one attached hydrogen (secondary N) is 3. The molecular weight excluding hydrogens is 344 g/mol. The van der Waals surface area contributed by atoms with Crippen LogP contribution in [0.2, 0.25) is 0 Å². The highest BCUT2D eigenvalue weighted by Gasteiger charge is 2.28. The molecule has 1 aromatic heterocycles. The molecule has 7 nitrogen and oxygen atoms in total. The number of aryl methyl sites for hydroxylation is 1. The normalized spacial score (nSPS) is 19.9. The minimum absolute atomic E-state index is 0.0173. The predicted octanol–water partition coefficient (Wildman–Crippen LogP) is 2.07. The summed E-state index contributed by atoms with van der Waals surface area (Å²) in [6.07, 6.45) is 0.478. The van der Waals surface area contributed by atoms with Crippen LogP contribution >= 0.6 is 0 Å². The Kier molecular flexibility index (Phi) is 4.99. The summed E-state index contributed by atoms with van der Waals surface area (Å²) < 4.78 is 28.3. The lowest BCUT2D eigenvalue weighted by atomic mass is 10.1. The van der Waals surface area contributed by atoms with Gasteiger partial charge in [0.15, 0.2) is 6.29 Å². The molecule has 0 spiro atoms. The van der Waals surface area contributed by atoms with Crippen LogP contribution in [0.1, 0.15) is 42.1 Å². The van der Waals surface area contributed by atoms with Gasteiger partial charge in [0.2, 0.25) is 5.91 Å². The average molecular weight is 363 g/mol. The zero-order valence-electron chi connectivity index (χ0n) is 14.3. The Hall–Kier alpha value is -2.81. The number of benzene rings is 1. The number of hydrogen-bond acceptors (Lipinski definition) is 4. The fourth-order valence-corrected chi connectivity index (χ4v) is 2.82. The lowest BCUT2D eigenvalue weighted by Crippen LogP contribution is -2.53. The van der Waals surface area contributed by atoms with Gasteiger partial charge < -0.3 is 10.6 Å². The topological polar surface area (TPSA) is 88.1 Å². The van der Waals surface area contributed by atoms with E-state index in [-0.39, 0.29) is 23.3 Å². The standard InChI is InChI=1S/C17H19F2N5O2/c1-3-11-8-15(25)22-17(20-11)24-14(6-9(2)23-24)21-16(26)12-5-4-10(18)7-13(12)19/h4-7,11,17,20H,3,8H2,1-2H3,(H,21,26)(H,22,25). The molecular formula is C17H19F2N5O2. The van der Waals surface area contributed by atoms with E-state index in [0.717, 1.165) is 18.6 Å². The van der Waals surface area contributed by atoms with E-state index in [1.54, 1.807) is 13.0 Å². The molecule has 0 saturated carbocycles. The summed E-state index contributed by atoms with van der Waals surface area (Å²) in [5, 5.41) is 12.8. The van der Waals surface area contributed by atoms with Crippen molar-refractivity contribution in [2.24, 2.45) is 0 Å². The first kappa shape index (κ1) is 18.0. The number of rotatable bonds is 4. The maximum absolute atomic E-state index is 13.8. The van der Waals surface area contributed by atoms with Crippen LogP contribution in [0.15, 0.2) is 24.3 Å². The summed E-state index contributed by atoms with van der Waals surface area (Å²) in [4.78, 5) is 24.2. The van der Waals surface area contributed by atoms with Gasteiger partial charge in [0.05, 0.1) is 11.3 Å². The number of halogens is 2. The van der Waals surface area contributed by atoms with Crippen LogP contribution in [0, 0.1) is 18.6 Å². The first-order valence-electron chi connectivity index (χ1n) is 8.25. The van der Waals surface area contributed by atoms with Gasteiger partial charge in [0.25, 0.3) is 5.91 Å². The first-order chi connectivity index (χ1) is 12.4. The van der Waals surface area contributed by atoms with E-state index in [9.17, 15) is 18.4 Å². The molecule has 0 aliphatic carbocycles. The van der Waals surface area contributed by atoms with Gasteiger partial charge in [-0.1, -0.05) is 6.92 Å². The van der Waals surface area contributed by atoms with E-state index in [0.29, 0.717) is 18.2 Å². The minimum atomic E-state index is -0.958. The fraction of sp³-hybridized carbons (Fsp3) is 0.353. The fourth-order valence-electron chi connectivity index (χ4n) is 2.82. The second-order valence-electron chi connectivity index (χ2n) is 6.14. The second kappa shape index (κ2) is 7.20. The van der Waals surface area contributed by atoms with Crippen molar-refractivity contribution in [2.45, 2.75) is 39.0 Å². The number of carbonyl (C=O) groups is 2. The zero-order chi connectivity index (χ0) is 18.8. The maximum Gasteiger partial charge on any atom is 0.259 e. The highest BCUT2D eigenvalue weighted by molar-refractivity contribution is 6.04. The molecule has 0 bridgehead atoms. The average Bonchev–Trinajstić information content (AvgIpc) is 2.94. The van der Waals surface area contributed by atoms with Crippen LogP contribution < -0.4 is 16.0 Å².